The molecule has 0 spiro atoms. The Kier molecular flexibility index (Phi) is 6.14. The van der Waals surface area contributed by atoms with Crippen LogP contribution in [0.25, 0.3) is 0 Å². The molecule has 1 aromatic rings. The third-order valence-electron chi connectivity index (χ3n) is 3.95. The number of anilines is 1. The van der Waals surface area contributed by atoms with E-state index in [1.807, 2.05) is 0 Å². The Morgan fingerprint density at radius 2 is 2.10 bits per heavy atom. The fourth-order valence-electron chi connectivity index (χ4n) is 2.76. The van der Waals surface area contributed by atoms with Crippen LogP contribution in [0.4, 0.5) is 5.69 Å². The zero-order chi connectivity index (χ0) is 14.4. The highest BCUT2D eigenvalue weighted by atomic mass is 35.5. The van der Waals surface area contributed by atoms with Gasteiger partial charge in [0.15, 0.2) is 0 Å². The number of piperidine rings is 1. The number of methoxy groups -OCH3 is 1. The SMILES string of the molecule is CCNCc1ccc(N2CCC(COC)CC2)c(Cl)c1. The average molecular weight is 297 g/mol. The molecule has 1 aliphatic rings. The Morgan fingerprint density at radius 1 is 1.35 bits per heavy atom. The lowest BCUT2D eigenvalue weighted by Gasteiger charge is -2.34. The number of halogens is 1. The summed E-state index contributed by atoms with van der Waals surface area (Å²) in [6.07, 6.45) is 2.37. The van der Waals surface area contributed by atoms with E-state index >= 15 is 0 Å². The van der Waals surface area contributed by atoms with E-state index in [-0.39, 0.29) is 0 Å². The second-order valence-electron chi connectivity index (χ2n) is 5.45. The number of nitrogens with zero attached hydrogens (tertiary/aromatic N) is 1. The van der Waals surface area contributed by atoms with Crippen molar-refractivity contribution >= 4 is 17.3 Å². The molecule has 20 heavy (non-hydrogen) atoms. The van der Waals surface area contributed by atoms with Gasteiger partial charge in [0, 0.05) is 33.4 Å². The molecule has 0 aliphatic carbocycles. The number of ether oxygens (including phenoxy) is 1. The number of hydrogen-bond acceptors (Lipinski definition) is 3. The van der Waals surface area contributed by atoms with Crippen LogP contribution >= 0.6 is 11.6 Å². The van der Waals surface area contributed by atoms with E-state index in [2.05, 4.69) is 35.3 Å². The van der Waals surface area contributed by atoms with Crippen LogP contribution < -0.4 is 10.2 Å². The van der Waals surface area contributed by atoms with E-state index in [1.165, 1.54) is 24.1 Å². The Morgan fingerprint density at radius 3 is 2.70 bits per heavy atom. The monoisotopic (exact) mass is 296 g/mol. The van der Waals surface area contributed by atoms with Crippen LogP contribution in [0.15, 0.2) is 18.2 Å². The van der Waals surface area contributed by atoms with Crippen molar-refractivity contribution < 1.29 is 4.74 Å². The molecular formula is C16H25ClN2O. The number of nitrogens with one attached hydrogen (secondary N) is 1. The van der Waals surface area contributed by atoms with E-state index in [1.54, 1.807) is 7.11 Å². The molecular weight excluding hydrogens is 272 g/mol. The van der Waals surface area contributed by atoms with E-state index in [4.69, 9.17) is 16.3 Å². The van der Waals surface area contributed by atoms with Gasteiger partial charge in [0.05, 0.1) is 10.7 Å². The van der Waals surface area contributed by atoms with Gasteiger partial charge in [-0.05, 0) is 43.0 Å². The summed E-state index contributed by atoms with van der Waals surface area (Å²) in [6, 6.07) is 6.41. The third-order valence-corrected chi connectivity index (χ3v) is 4.25. The largest absolute Gasteiger partial charge is 0.384 e. The van der Waals surface area contributed by atoms with Gasteiger partial charge in [-0.15, -0.1) is 0 Å². The van der Waals surface area contributed by atoms with Crippen molar-refractivity contribution in [1.29, 1.82) is 0 Å². The van der Waals surface area contributed by atoms with Crippen LogP contribution in [-0.2, 0) is 11.3 Å². The molecule has 0 atom stereocenters. The standard InChI is InChI=1S/C16H25ClN2O/c1-3-18-11-14-4-5-16(15(17)10-14)19-8-6-13(7-9-19)12-20-2/h4-5,10,13,18H,3,6-9,11-12H2,1-2H3. The fourth-order valence-corrected chi connectivity index (χ4v) is 3.09. The van der Waals surface area contributed by atoms with Crippen LogP contribution in [-0.4, -0.2) is 33.4 Å². The summed E-state index contributed by atoms with van der Waals surface area (Å²) in [5.74, 6) is 0.697. The zero-order valence-electron chi connectivity index (χ0n) is 12.5. The molecule has 0 radical (unpaired) electrons. The van der Waals surface area contributed by atoms with Gasteiger partial charge in [0.2, 0.25) is 0 Å². The van der Waals surface area contributed by atoms with Crippen LogP contribution in [0.1, 0.15) is 25.3 Å². The second kappa shape index (κ2) is 7.87. The zero-order valence-corrected chi connectivity index (χ0v) is 13.2. The number of rotatable bonds is 6. The molecule has 1 heterocycles. The van der Waals surface area contributed by atoms with Gasteiger partial charge in [-0.25, -0.2) is 0 Å². The normalized spacial score (nSPS) is 16.6. The molecule has 1 aliphatic heterocycles. The van der Waals surface area contributed by atoms with Gasteiger partial charge >= 0.3 is 0 Å². The Bertz CT molecular complexity index is 417. The predicted molar refractivity (Wildman–Crippen MR) is 85.6 cm³/mol. The highest BCUT2D eigenvalue weighted by Crippen LogP contribution is 2.30. The molecule has 0 unspecified atom stereocenters. The quantitative estimate of drug-likeness (QED) is 0.871. The van der Waals surface area contributed by atoms with Gasteiger partial charge in [0.1, 0.15) is 0 Å². The molecule has 1 saturated heterocycles. The minimum Gasteiger partial charge on any atom is -0.384 e. The van der Waals surface area contributed by atoms with Gasteiger partial charge in [-0.2, -0.15) is 0 Å². The molecule has 112 valence electrons. The van der Waals surface area contributed by atoms with E-state index in [0.717, 1.165) is 37.8 Å². The minimum atomic E-state index is 0.697. The fraction of sp³-hybridized carbons (Fsp3) is 0.625. The summed E-state index contributed by atoms with van der Waals surface area (Å²) < 4.78 is 5.25. The molecule has 1 fully saturated rings. The molecule has 3 nitrogen and oxygen atoms in total. The summed E-state index contributed by atoms with van der Waals surface area (Å²) in [4.78, 5) is 2.39. The highest BCUT2D eigenvalue weighted by Gasteiger charge is 2.20. The lowest BCUT2D eigenvalue weighted by molar-refractivity contribution is 0.139. The van der Waals surface area contributed by atoms with Crippen molar-refractivity contribution in [3.05, 3.63) is 28.8 Å². The minimum absolute atomic E-state index is 0.697. The van der Waals surface area contributed by atoms with Gasteiger partial charge < -0.3 is 15.0 Å². The first-order chi connectivity index (χ1) is 9.74. The maximum Gasteiger partial charge on any atom is 0.0642 e. The summed E-state index contributed by atoms with van der Waals surface area (Å²) in [5.41, 5.74) is 2.41. The molecule has 1 N–H and O–H groups in total. The topological polar surface area (TPSA) is 24.5 Å². The van der Waals surface area contributed by atoms with Crippen LogP contribution in [0.3, 0.4) is 0 Å². The molecule has 1 aromatic carbocycles. The molecule has 0 bridgehead atoms. The predicted octanol–water partition coefficient (Wildman–Crippen LogP) is 3.31. The molecule has 0 aromatic heterocycles. The van der Waals surface area contributed by atoms with Crippen LogP contribution in [0.2, 0.25) is 5.02 Å². The second-order valence-corrected chi connectivity index (χ2v) is 5.86. The van der Waals surface area contributed by atoms with Crippen molar-refractivity contribution in [2.45, 2.75) is 26.3 Å². The van der Waals surface area contributed by atoms with Gasteiger partial charge in [-0.3, -0.25) is 0 Å². The first kappa shape index (κ1) is 15.6. The lowest BCUT2D eigenvalue weighted by Crippen LogP contribution is -2.35. The maximum absolute atomic E-state index is 6.45. The molecule has 4 heteroatoms. The van der Waals surface area contributed by atoms with E-state index in [9.17, 15) is 0 Å². The van der Waals surface area contributed by atoms with E-state index < -0.39 is 0 Å². The van der Waals surface area contributed by atoms with Gasteiger partial charge in [0.25, 0.3) is 0 Å². The summed E-state index contributed by atoms with van der Waals surface area (Å²) in [7, 11) is 1.78. The summed E-state index contributed by atoms with van der Waals surface area (Å²) >= 11 is 6.45. The Hall–Kier alpha value is -0.770. The first-order valence-electron chi connectivity index (χ1n) is 7.47. The van der Waals surface area contributed by atoms with Crippen LogP contribution in [0.5, 0.6) is 0 Å². The van der Waals surface area contributed by atoms with Gasteiger partial charge in [-0.1, -0.05) is 24.6 Å². The number of hydrogen-bond donors (Lipinski definition) is 1. The van der Waals surface area contributed by atoms with Crippen molar-refractivity contribution in [3.8, 4) is 0 Å². The molecule has 2 rings (SSSR count). The van der Waals surface area contributed by atoms with Crippen molar-refractivity contribution in [3.63, 3.8) is 0 Å². The first-order valence-corrected chi connectivity index (χ1v) is 7.85. The Labute approximate surface area is 127 Å². The average Bonchev–Trinajstić information content (AvgIpc) is 2.47. The lowest BCUT2D eigenvalue weighted by atomic mass is 9.97. The highest BCUT2D eigenvalue weighted by molar-refractivity contribution is 6.33. The molecule has 0 saturated carbocycles. The van der Waals surface area contributed by atoms with Crippen molar-refractivity contribution in [2.75, 3.05) is 38.3 Å². The van der Waals surface area contributed by atoms with Crippen LogP contribution in [0, 0.1) is 5.92 Å². The van der Waals surface area contributed by atoms with Crippen molar-refractivity contribution in [2.24, 2.45) is 5.92 Å². The third kappa shape index (κ3) is 4.11. The Balaban J connectivity index is 1.96. The maximum atomic E-state index is 6.45. The van der Waals surface area contributed by atoms with Crippen molar-refractivity contribution in [1.82, 2.24) is 5.32 Å². The summed E-state index contributed by atoms with van der Waals surface area (Å²) in [6.45, 7) is 6.99. The molecule has 0 amide bonds. The number of benzene rings is 1. The summed E-state index contributed by atoms with van der Waals surface area (Å²) in [5, 5.41) is 4.19. The van der Waals surface area contributed by atoms with E-state index in [0.29, 0.717) is 5.92 Å². The smallest absolute Gasteiger partial charge is 0.0642 e.